The van der Waals surface area contributed by atoms with Crippen molar-refractivity contribution in [2.24, 2.45) is 0 Å². The van der Waals surface area contributed by atoms with Crippen LogP contribution in [0.1, 0.15) is 15.9 Å². The second-order valence-electron chi connectivity index (χ2n) is 4.55. The van der Waals surface area contributed by atoms with Crippen LogP contribution < -0.4 is 0 Å². The lowest BCUT2D eigenvalue weighted by atomic mass is 10.1. The Morgan fingerprint density at radius 1 is 1.50 bits per heavy atom. The second kappa shape index (κ2) is 5.85. The van der Waals surface area contributed by atoms with Crippen molar-refractivity contribution >= 4 is 27.5 Å². The largest absolute Gasteiger partial charge is 0.320 e. The molecular weight excluding hydrogens is 296 g/mol. The monoisotopic (exact) mass is 310 g/mol. The average molecular weight is 310 g/mol. The summed E-state index contributed by atoms with van der Waals surface area (Å²) in [4.78, 5) is 13.9. The number of benzene rings is 1. The summed E-state index contributed by atoms with van der Waals surface area (Å²) in [6, 6.07) is 8.30. The third-order valence-electron chi connectivity index (χ3n) is 3.08. The number of nitriles is 1. The van der Waals surface area contributed by atoms with Crippen LogP contribution in [0, 0.1) is 11.3 Å². The molecule has 0 saturated carbocycles. The van der Waals surface area contributed by atoms with E-state index in [0.29, 0.717) is 23.4 Å². The molecule has 1 aromatic rings. The van der Waals surface area contributed by atoms with Crippen molar-refractivity contribution in [2.75, 3.05) is 24.3 Å². The minimum Gasteiger partial charge on any atom is -0.320 e. The van der Waals surface area contributed by atoms with Gasteiger partial charge in [-0.05, 0) is 18.2 Å². The highest BCUT2D eigenvalue weighted by molar-refractivity contribution is 8.00. The molecule has 5 nitrogen and oxygen atoms in total. The molecule has 0 N–H and O–H groups in total. The van der Waals surface area contributed by atoms with Gasteiger partial charge in [0.15, 0.2) is 9.84 Å². The number of carbonyl (C=O) groups excluding carboxylic acids is 1. The molecule has 106 valence electrons. The van der Waals surface area contributed by atoms with E-state index in [1.54, 1.807) is 18.2 Å². The van der Waals surface area contributed by atoms with Gasteiger partial charge in [-0.2, -0.15) is 17.0 Å². The fourth-order valence-corrected chi connectivity index (χ4v) is 4.87. The first-order valence-corrected chi connectivity index (χ1v) is 9.12. The van der Waals surface area contributed by atoms with E-state index in [1.165, 1.54) is 22.7 Å². The average Bonchev–Trinajstić information content (AvgIpc) is 2.45. The molecule has 2 rings (SSSR count). The normalized spacial score (nSPS) is 19.4. The van der Waals surface area contributed by atoms with Gasteiger partial charge in [0, 0.05) is 29.9 Å². The Labute approximate surface area is 122 Å². The van der Waals surface area contributed by atoms with Crippen molar-refractivity contribution in [1.82, 2.24) is 4.90 Å². The summed E-state index contributed by atoms with van der Waals surface area (Å²) in [6.45, 7) is 0.401. The highest BCUT2D eigenvalue weighted by atomic mass is 32.2. The van der Waals surface area contributed by atoms with Crippen LogP contribution in [-0.2, 0) is 9.84 Å². The van der Waals surface area contributed by atoms with E-state index < -0.39 is 15.2 Å². The van der Waals surface area contributed by atoms with Gasteiger partial charge in [0.25, 0.3) is 5.91 Å². The molecule has 1 aliphatic rings. The van der Waals surface area contributed by atoms with Crippen LogP contribution in [-0.4, -0.2) is 48.9 Å². The second-order valence-corrected chi connectivity index (χ2v) is 7.90. The molecule has 1 unspecified atom stereocenters. The Morgan fingerprint density at radius 2 is 2.25 bits per heavy atom. The van der Waals surface area contributed by atoms with Crippen LogP contribution in [0.25, 0.3) is 0 Å². The van der Waals surface area contributed by atoms with Gasteiger partial charge in [0.1, 0.15) is 5.37 Å². The molecule has 1 aromatic carbocycles. The number of amides is 1. The van der Waals surface area contributed by atoms with Gasteiger partial charge in [-0.3, -0.25) is 4.79 Å². The smallest absolute Gasteiger partial charge is 0.255 e. The van der Waals surface area contributed by atoms with E-state index >= 15 is 0 Å². The maximum atomic E-state index is 12.5. The summed E-state index contributed by atoms with van der Waals surface area (Å²) in [5, 5.41) is 8.07. The molecule has 0 radical (unpaired) electrons. The summed E-state index contributed by atoms with van der Waals surface area (Å²) in [6.07, 6.45) is 1.15. The summed E-state index contributed by atoms with van der Waals surface area (Å²) in [5.41, 5.74) is 0.739. The van der Waals surface area contributed by atoms with Crippen LogP contribution >= 0.6 is 11.8 Å². The van der Waals surface area contributed by atoms with E-state index in [1.807, 2.05) is 6.07 Å². The molecule has 1 atom stereocenters. The first kappa shape index (κ1) is 14.9. The van der Waals surface area contributed by atoms with Crippen LogP contribution in [0.2, 0.25) is 0 Å². The highest BCUT2D eigenvalue weighted by Gasteiger charge is 2.34. The molecule has 0 aliphatic carbocycles. The Balaban J connectivity index is 2.33. The fraction of sp³-hybridized carbons (Fsp3) is 0.385. The summed E-state index contributed by atoms with van der Waals surface area (Å²) in [7, 11) is -3.32. The number of rotatable bonds is 2. The molecule has 0 spiro atoms. The predicted molar refractivity (Wildman–Crippen MR) is 78.2 cm³/mol. The van der Waals surface area contributed by atoms with Crippen molar-refractivity contribution < 1.29 is 13.2 Å². The molecule has 1 heterocycles. The SMILES string of the molecule is CS(=O)(=O)C1CSCCN1C(=O)c1cccc(C#N)c1. The van der Waals surface area contributed by atoms with E-state index in [9.17, 15) is 13.2 Å². The van der Waals surface area contributed by atoms with Crippen molar-refractivity contribution in [3.63, 3.8) is 0 Å². The van der Waals surface area contributed by atoms with Gasteiger partial charge in [0.2, 0.25) is 0 Å². The molecule has 0 aromatic heterocycles. The minimum absolute atomic E-state index is 0.335. The number of sulfone groups is 1. The third kappa shape index (κ3) is 3.14. The molecule has 1 amide bonds. The lowest BCUT2D eigenvalue weighted by Gasteiger charge is -2.34. The minimum atomic E-state index is -3.32. The van der Waals surface area contributed by atoms with Gasteiger partial charge in [-0.15, -0.1) is 0 Å². The van der Waals surface area contributed by atoms with Gasteiger partial charge in [-0.1, -0.05) is 6.07 Å². The Hall–Kier alpha value is -1.52. The van der Waals surface area contributed by atoms with Gasteiger partial charge >= 0.3 is 0 Å². The lowest BCUT2D eigenvalue weighted by Crippen LogP contribution is -2.49. The number of hydrogen-bond donors (Lipinski definition) is 0. The zero-order chi connectivity index (χ0) is 14.8. The quantitative estimate of drug-likeness (QED) is 0.818. The zero-order valence-electron chi connectivity index (χ0n) is 10.9. The number of hydrogen-bond acceptors (Lipinski definition) is 5. The zero-order valence-corrected chi connectivity index (χ0v) is 12.6. The molecule has 1 aliphatic heterocycles. The molecule has 1 saturated heterocycles. The topological polar surface area (TPSA) is 78.2 Å². The standard InChI is InChI=1S/C13H14N2O3S2/c1-20(17,18)12-9-19-6-5-15(12)13(16)11-4-2-3-10(7-11)8-14/h2-4,7,12H,5-6,9H2,1H3. The first-order valence-electron chi connectivity index (χ1n) is 6.01. The maximum absolute atomic E-state index is 12.5. The van der Waals surface area contributed by atoms with Crippen LogP contribution in [0.5, 0.6) is 0 Å². The van der Waals surface area contributed by atoms with E-state index in [2.05, 4.69) is 0 Å². The highest BCUT2D eigenvalue weighted by Crippen LogP contribution is 2.22. The molecule has 0 bridgehead atoms. The Morgan fingerprint density at radius 3 is 2.90 bits per heavy atom. The number of thioether (sulfide) groups is 1. The van der Waals surface area contributed by atoms with Gasteiger partial charge in [-0.25, -0.2) is 8.42 Å². The van der Waals surface area contributed by atoms with Crippen LogP contribution in [0.4, 0.5) is 0 Å². The van der Waals surface area contributed by atoms with Crippen molar-refractivity contribution in [1.29, 1.82) is 5.26 Å². The summed E-state index contributed by atoms with van der Waals surface area (Å²) in [5.74, 6) is 0.774. The maximum Gasteiger partial charge on any atom is 0.255 e. The first-order chi connectivity index (χ1) is 9.43. The van der Waals surface area contributed by atoms with Crippen molar-refractivity contribution in [3.05, 3.63) is 35.4 Å². The number of nitrogens with zero attached hydrogens (tertiary/aromatic N) is 2. The third-order valence-corrected chi connectivity index (χ3v) is 5.72. The van der Waals surface area contributed by atoms with E-state index in [-0.39, 0.29) is 5.91 Å². The van der Waals surface area contributed by atoms with Gasteiger partial charge < -0.3 is 4.90 Å². The Bertz CT molecular complexity index is 664. The molecule has 7 heteroatoms. The predicted octanol–water partition coefficient (Wildman–Crippen LogP) is 1.12. The molecule has 1 fully saturated rings. The molecular formula is C13H14N2O3S2. The van der Waals surface area contributed by atoms with Crippen LogP contribution in [0.15, 0.2) is 24.3 Å². The Kier molecular flexibility index (Phi) is 4.35. The van der Waals surface area contributed by atoms with E-state index in [4.69, 9.17) is 5.26 Å². The summed E-state index contributed by atoms with van der Waals surface area (Å²) >= 11 is 1.53. The van der Waals surface area contributed by atoms with Crippen LogP contribution in [0.3, 0.4) is 0 Å². The lowest BCUT2D eigenvalue weighted by molar-refractivity contribution is 0.0749. The van der Waals surface area contributed by atoms with Crippen molar-refractivity contribution in [2.45, 2.75) is 5.37 Å². The summed E-state index contributed by atoms with van der Waals surface area (Å²) < 4.78 is 23.6. The van der Waals surface area contributed by atoms with Gasteiger partial charge in [0.05, 0.1) is 11.6 Å². The molecule has 20 heavy (non-hydrogen) atoms. The van der Waals surface area contributed by atoms with E-state index in [0.717, 1.165) is 12.0 Å². The fourth-order valence-electron chi connectivity index (χ4n) is 2.06. The van der Waals surface area contributed by atoms with Crippen molar-refractivity contribution in [3.8, 4) is 6.07 Å². The number of carbonyl (C=O) groups is 1.